The van der Waals surface area contributed by atoms with Crippen LogP contribution < -0.4 is 5.32 Å². The Morgan fingerprint density at radius 2 is 1.59 bits per heavy atom. The van der Waals surface area contributed by atoms with Gasteiger partial charge in [-0.2, -0.15) is 0 Å². The van der Waals surface area contributed by atoms with E-state index in [9.17, 15) is 14.0 Å². The Bertz CT molecular complexity index is 1130. The predicted molar refractivity (Wildman–Crippen MR) is 113 cm³/mol. The number of imide groups is 1. The number of benzene rings is 3. The van der Waals surface area contributed by atoms with Gasteiger partial charge in [-0.3, -0.25) is 14.5 Å². The van der Waals surface area contributed by atoms with Crippen LogP contribution in [-0.2, 0) is 16.1 Å². The van der Waals surface area contributed by atoms with Gasteiger partial charge in [-0.1, -0.05) is 70.5 Å². The lowest BCUT2D eigenvalue weighted by Gasteiger charge is -2.16. The molecule has 1 N–H and O–H groups in total. The number of nitrogens with one attached hydrogen (secondary N) is 1. The van der Waals surface area contributed by atoms with E-state index in [4.69, 9.17) is 0 Å². The number of carbonyl (C=O) groups excluding carboxylic acids is 2. The summed E-state index contributed by atoms with van der Waals surface area (Å²) in [5, 5.41) is 3.08. The highest BCUT2D eigenvalue weighted by molar-refractivity contribution is 9.10. The summed E-state index contributed by atoms with van der Waals surface area (Å²) in [7, 11) is 0. The van der Waals surface area contributed by atoms with E-state index in [0.717, 1.165) is 9.37 Å². The average molecular weight is 451 g/mol. The number of carbonyl (C=O) groups is 2. The molecular formula is C23H16BrFN2O2. The van der Waals surface area contributed by atoms with Crippen molar-refractivity contribution >= 4 is 39.0 Å². The van der Waals surface area contributed by atoms with Crippen LogP contribution in [0.2, 0.25) is 0 Å². The Kier molecular flexibility index (Phi) is 5.27. The molecule has 3 aromatic carbocycles. The molecular weight excluding hydrogens is 435 g/mol. The molecule has 0 unspecified atom stereocenters. The molecule has 29 heavy (non-hydrogen) atoms. The molecule has 144 valence electrons. The summed E-state index contributed by atoms with van der Waals surface area (Å²) in [6.07, 6.45) is 0. The second-order valence-electron chi connectivity index (χ2n) is 6.54. The molecule has 1 aliphatic rings. The summed E-state index contributed by atoms with van der Waals surface area (Å²) in [5.41, 5.74) is 2.02. The molecule has 2 amide bonds. The van der Waals surface area contributed by atoms with Crippen LogP contribution in [0.4, 0.5) is 10.1 Å². The molecule has 1 heterocycles. The number of nitrogens with zero attached hydrogens (tertiary/aromatic N) is 1. The minimum absolute atomic E-state index is 0.135. The lowest BCUT2D eigenvalue weighted by Crippen LogP contribution is -2.32. The molecule has 1 aliphatic heterocycles. The van der Waals surface area contributed by atoms with Crippen molar-refractivity contribution in [3.8, 4) is 0 Å². The van der Waals surface area contributed by atoms with Crippen LogP contribution in [0.3, 0.4) is 0 Å². The molecule has 0 saturated carbocycles. The van der Waals surface area contributed by atoms with Crippen molar-refractivity contribution < 1.29 is 14.0 Å². The zero-order chi connectivity index (χ0) is 20.4. The third kappa shape index (κ3) is 3.84. The van der Waals surface area contributed by atoms with Gasteiger partial charge >= 0.3 is 0 Å². The lowest BCUT2D eigenvalue weighted by atomic mass is 10.0. The van der Waals surface area contributed by atoms with Crippen molar-refractivity contribution in [1.82, 2.24) is 4.90 Å². The zero-order valence-corrected chi connectivity index (χ0v) is 16.8. The van der Waals surface area contributed by atoms with E-state index in [2.05, 4.69) is 21.2 Å². The molecule has 0 atom stereocenters. The van der Waals surface area contributed by atoms with Gasteiger partial charge in [-0.25, -0.2) is 4.39 Å². The van der Waals surface area contributed by atoms with Crippen molar-refractivity contribution in [3.63, 3.8) is 0 Å². The van der Waals surface area contributed by atoms with Crippen LogP contribution in [0.5, 0.6) is 0 Å². The zero-order valence-electron chi connectivity index (χ0n) is 15.2. The van der Waals surface area contributed by atoms with Gasteiger partial charge in [0, 0.05) is 15.7 Å². The summed E-state index contributed by atoms with van der Waals surface area (Å²) in [6, 6.07) is 22.4. The highest BCUT2D eigenvalue weighted by atomic mass is 79.9. The smallest absolute Gasteiger partial charge is 0.278 e. The molecule has 0 radical (unpaired) electrons. The van der Waals surface area contributed by atoms with Gasteiger partial charge in [0.05, 0.1) is 12.1 Å². The van der Waals surface area contributed by atoms with E-state index in [0.29, 0.717) is 11.3 Å². The van der Waals surface area contributed by atoms with E-state index in [1.807, 2.05) is 24.3 Å². The fraction of sp³-hybridized carbons (Fsp3) is 0.0435. The largest absolute Gasteiger partial charge is 0.350 e. The van der Waals surface area contributed by atoms with Gasteiger partial charge in [-0.15, -0.1) is 0 Å². The van der Waals surface area contributed by atoms with E-state index >= 15 is 0 Å². The van der Waals surface area contributed by atoms with Gasteiger partial charge in [0.25, 0.3) is 11.8 Å². The monoisotopic (exact) mass is 450 g/mol. The highest BCUT2D eigenvalue weighted by Gasteiger charge is 2.39. The van der Waals surface area contributed by atoms with Gasteiger partial charge in [0.2, 0.25) is 0 Å². The van der Waals surface area contributed by atoms with E-state index in [-0.39, 0.29) is 23.4 Å². The first-order valence-electron chi connectivity index (χ1n) is 8.96. The topological polar surface area (TPSA) is 49.4 Å². The number of hydrogen-bond donors (Lipinski definition) is 1. The van der Waals surface area contributed by atoms with Gasteiger partial charge in [0.15, 0.2) is 0 Å². The van der Waals surface area contributed by atoms with Crippen LogP contribution >= 0.6 is 15.9 Å². The highest BCUT2D eigenvalue weighted by Crippen LogP contribution is 2.32. The molecule has 4 nitrogen and oxygen atoms in total. The molecule has 3 aromatic rings. The lowest BCUT2D eigenvalue weighted by molar-refractivity contribution is -0.137. The second kappa shape index (κ2) is 8.01. The first-order valence-corrected chi connectivity index (χ1v) is 9.76. The van der Waals surface area contributed by atoms with E-state index < -0.39 is 17.6 Å². The van der Waals surface area contributed by atoms with Crippen LogP contribution in [0.15, 0.2) is 89.0 Å². The maximum absolute atomic E-state index is 14.1. The second-order valence-corrected chi connectivity index (χ2v) is 7.45. The Morgan fingerprint density at radius 3 is 2.31 bits per heavy atom. The fourth-order valence-corrected chi connectivity index (χ4v) is 3.61. The van der Waals surface area contributed by atoms with Crippen molar-refractivity contribution in [2.24, 2.45) is 0 Å². The maximum Gasteiger partial charge on any atom is 0.278 e. The minimum atomic E-state index is -0.489. The summed E-state index contributed by atoms with van der Waals surface area (Å²) in [6.45, 7) is -0.135. The van der Waals surface area contributed by atoms with Crippen LogP contribution in [0.25, 0.3) is 5.57 Å². The normalized spacial score (nSPS) is 13.9. The number of amides is 2. The van der Waals surface area contributed by atoms with Crippen molar-refractivity contribution in [2.45, 2.75) is 6.54 Å². The summed E-state index contributed by atoms with van der Waals surface area (Å²) in [5.74, 6) is -1.40. The third-order valence-corrected chi connectivity index (χ3v) is 5.10. The molecule has 0 fully saturated rings. The molecule has 0 spiro atoms. The molecule has 0 aliphatic carbocycles. The minimum Gasteiger partial charge on any atom is -0.350 e. The van der Waals surface area contributed by atoms with E-state index in [1.165, 1.54) is 6.07 Å². The van der Waals surface area contributed by atoms with Crippen LogP contribution in [-0.4, -0.2) is 16.7 Å². The molecule has 0 aromatic heterocycles. The van der Waals surface area contributed by atoms with Crippen LogP contribution in [0, 0.1) is 5.82 Å². The SMILES string of the molecule is O=C1C(Nc2cccc(Br)c2)=C(c2ccccc2)C(=O)N1Cc1ccccc1F. The van der Waals surface area contributed by atoms with Crippen molar-refractivity contribution in [3.05, 3.63) is 106 Å². The van der Waals surface area contributed by atoms with Gasteiger partial charge < -0.3 is 5.32 Å². The van der Waals surface area contributed by atoms with Crippen molar-refractivity contribution in [1.29, 1.82) is 0 Å². The van der Waals surface area contributed by atoms with Gasteiger partial charge in [-0.05, 0) is 29.8 Å². The number of rotatable bonds is 5. The van der Waals surface area contributed by atoms with Crippen LogP contribution in [0.1, 0.15) is 11.1 Å². The number of hydrogen-bond acceptors (Lipinski definition) is 3. The number of anilines is 1. The fourth-order valence-electron chi connectivity index (χ4n) is 3.22. The third-order valence-electron chi connectivity index (χ3n) is 4.61. The van der Waals surface area contributed by atoms with E-state index in [1.54, 1.807) is 48.5 Å². The Hall–Kier alpha value is -3.25. The number of halogens is 2. The molecule has 6 heteroatoms. The first-order chi connectivity index (χ1) is 14.0. The Morgan fingerprint density at radius 1 is 0.862 bits per heavy atom. The van der Waals surface area contributed by atoms with Gasteiger partial charge in [0.1, 0.15) is 11.5 Å². The molecule has 0 bridgehead atoms. The summed E-state index contributed by atoms with van der Waals surface area (Å²) >= 11 is 3.40. The summed E-state index contributed by atoms with van der Waals surface area (Å²) < 4.78 is 15.0. The standard InChI is InChI=1S/C23H16BrFN2O2/c24-17-10-6-11-18(13-17)26-21-20(15-7-2-1-3-8-15)22(28)27(23(21)29)14-16-9-4-5-12-19(16)25/h1-13,26H,14H2. The average Bonchev–Trinajstić information content (AvgIpc) is 2.94. The quantitative estimate of drug-likeness (QED) is 0.557. The first kappa shape index (κ1) is 19.1. The predicted octanol–water partition coefficient (Wildman–Crippen LogP) is 4.98. The molecule has 0 saturated heterocycles. The summed E-state index contributed by atoms with van der Waals surface area (Å²) in [4.78, 5) is 27.4. The maximum atomic E-state index is 14.1. The van der Waals surface area contributed by atoms with Crippen molar-refractivity contribution in [2.75, 3.05) is 5.32 Å². The molecule has 4 rings (SSSR count). The Balaban J connectivity index is 1.75. The Labute approximate surface area is 175 Å².